The summed E-state index contributed by atoms with van der Waals surface area (Å²) in [4.78, 5) is 23.2. The predicted octanol–water partition coefficient (Wildman–Crippen LogP) is 2.82. The van der Waals surface area contributed by atoms with Gasteiger partial charge in [0.25, 0.3) is 0 Å². The largest absolute Gasteiger partial charge is 0.481 e. The molecule has 0 fully saturated rings. The molecule has 1 atom stereocenters. The molecule has 0 bridgehead atoms. The highest BCUT2D eigenvalue weighted by Crippen LogP contribution is 2.33. The monoisotopic (exact) mass is 270 g/mol. The van der Waals surface area contributed by atoms with E-state index in [2.05, 4.69) is 4.74 Å². The highest BCUT2D eigenvalue weighted by molar-refractivity contribution is 7.10. The van der Waals surface area contributed by atoms with Gasteiger partial charge >= 0.3 is 11.9 Å². The molecule has 18 heavy (non-hydrogen) atoms. The second-order valence-electron chi connectivity index (χ2n) is 4.40. The van der Waals surface area contributed by atoms with Gasteiger partial charge in [-0.25, -0.2) is 0 Å². The Kier molecular flexibility index (Phi) is 5.34. The van der Waals surface area contributed by atoms with Gasteiger partial charge in [0.15, 0.2) is 0 Å². The van der Waals surface area contributed by atoms with Crippen molar-refractivity contribution in [2.45, 2.75) is 38.0 Å². The van der Waals surface area contributed by atoms with Gasteiger partial charge in [-0.3, -0.25) is 9.59 Å². The van der Waals surface area contributed by atoms with Crippen LogP contribution in [-0.2, 0) is 19.7 Å². The fourth-order valence-corrected chi connectivity index (χ4v) is 2.69. The van der Waals surface area contributed by atoms with Gasteiger partial charge in [0.1, 0.15) is 0 Å². The highest BCUT2D eigenvalue weighted by atomic mass is 32.1. The van der Waals surface area contributed by atoms with E-state index in [-0.39, 0.29) is 5.97 Å². The molecule has 1 N–H and O–H groups in total. The Labute approximate surface area is 111 Å². The summed E-state index contributed by atoms with van der Waals surface area (Å²) in [6, 6.07) is 3.70. The quantitative estimate of drug-likeness (QED) is 0.611. The zero-order valence-electron chi connectivity index (χ0n) is 10.6. The van der Waals surface area contributed by atoms with Gasteiger partial charge in [-0.05, 0) is 31.2 Å². The van der Waals surface area contributed by atoms with Crippen LogP contribution in [0, 0.1) is 0 Å². The first kappa shape index (κ1) is 14.7. The molecular formula is C13H18O4S. The third-order valence-electron chi connectivity index (χ3n) is 3.07. The van der Waals surface area contributed by atoms with Crippen molar-refractivity contribution in [2.24, 2.45) is 0 Å². The normalized spacial score (nSPS) is 13.9. The second-order valence-corrected chi connectivity index (χ2v) is 5.35. The minimum Gasteiger partial charge on any atom is -0.481 e. The molecule has 0 aromatic carbocycles. The summed E-state index contributed by atoms with van der Waals surface area (Å²) in [5, 5.41) is 11.3. The molecule has 0 amide bonds. The molecule has 1 aromatic heterocycles. The van der Waals surface area contributed by atoms with E-state index in [0.29, 0.717) is 25.7 Å². The molecule has 0 aliphatic rings. The average molecular weight is 270 g/mol. The van der Waals surface area contributed by atoms with E-state index in [1.807, 2.05) is 17.5 Å². The Balaban J connectivity index is 2.55. The maximum Gasteiger partial charge on any atom is 0.314 e. The molecule has 0 saturated heterocycles. The number of carboxylic acid groups (broad SMARTS) is 1. The number of aliphatic carboxylic acids is 1. The van der Waals surface area contributed by atoms with Gasteiger partial charge < -0.3 is 9.84 Å². The van der Waals surface area contributed by atoms with Crippen LogP contribution in [0.3, 0.4) is 0 Å². The lowest BCUT2D eigenvalue weighted by Crippen LogP contribution is -2.31. The molecule has 0 aliphatic heterocycles. The highest BCUT2D eigenvalue weighted by Gasteiger charge is 2.35. The molecule has 1 rings (SSSR count). The molecule has 1 aromatic rings. The Bertz CT molecular complexity index is 399. The van der Waals surface area contributed by atoms with Crippen LogP contribution in [0.1, 0.15) is 37.5 Å². The van der Waals surface area contributed by atoms with Crippen LogP contribution >= 0.6 is 11.3 Å². The van der Waals surface area contributed by atoms with E-state index in [1.54, 1.807) is 6.92 Å². The lowest BCUT2D eigenvalue weighted by atomic mass is 9.83. The van der Waals surface area contributed by atoms with Crippen LogP contribution in [0.15, 0.2) is 17.5 Å². The first-order valence-corrected chi connectivity index (χ1v) is 6.73. The fraction of sp³-hybridized carbons (Fsp3) is 0.538. The van der Waals surface area contributed by atoms with Gasteiger partial charge in [-0.1, -0.05) is 12.5 Å². The third kappa shape index (κ3) is 3.57. The molecule has 1 heterocycles. The fourth-order valence-electron chi connectivity index (χ4n) is 1.78. The predicted molar refractivity (Wildman–Crippen MR) is 69.8 cm³/mol. The van der Waals surface area contributed by atoms with Gasteiger partial charge in [0.05, 0.1) is 12.5 Å². The van der Waals surface area contributed by atoms with Crippen LogP contribution in [-0.4, -0.2) is 24.2 Å². The van der Waals surface area contributed by atoms with Gasteiger partial charge in [0, 0.05) is 11.3 Å². The third-order valence-corrected chi connectivity index (χ3v) is 4.21. The Hall–Kier alpha value is -1.36. The SMILES string of the molecule is COC(=O)CCCCC(C)(C(=O)O)c1cccs1. The molecule has 1 unspecified atom stereocenters. The number of hydrogen-bond donors (Lipinski definition) is 1. The van der Waals surface area contributed by atoms with Crippen molar-refractivity contribution in [1.29, 1.82) is 0 Å². The summed E-state index contributed by atoms with van der Waals surface area (Å²) in [5.41, 5.74) is -0.857. The number of rotatable bonds is 7. The number of methoxy groups -OCH3 is 1. The minimum atomic E-state index is -0.857. The topological polar surface area (TPSA) is 63.6 Å². The Morgan fingerprint density at radius 2 is 2.17 bits per heavy atom. The van der Waals surface area contributed by atoms with E-state index >= 15 is 0 Å². The van der Waals surface area contributed by atoms with Gasteiger partial charge in [-0.2, -0.15) is 0 Å². The number of unbranched alkanes of at least 4 members (excludes halogenated alkanes) is 1. The van der Waals surface area contributed by atoms with Gasteiger partial charge in [0.2, 0.25) is 0 Å². The minimum absolute atomic E-state index is 0.247. The Morgan fingerprint density at radius 3 is 2.67 bits per heavy atom. The summed E-state index contributed by atoms with van der Waals surface area (Å²) in [6.07, 6.45) is 2.22. The zero-order chi connectivity index (χ0) is 13.6. The van der Waals surface area contributed by atoms with Crippen LogP contribution in [0.25, 0.3) is 0 Å². The van der Waals surface area contributed by atoms with Crippen molar-refractivity contribution in [3.05, 3.63) is 22.4 Å². The first-order chi connectivity index (χ1) is 8.50. The van der Waals surface area contributed by atoms with Crippen molar-refractivity contribution >= 4 is 23.3 Å². The smallest absolute Gasteiger partial charge is 0.314 e. The molecule has 100 valence electrons. The number of hydrogen-bond acceptors (Lipinski definition) is 4. The Morgan fingerprint density at radius 1 is 1.44 bits per heavy atom. The van der Waals surface area contributed by atoms with E-state index in [9.17, 15) is 14.7 Å². The van der Waals surface area contributed by atoms with Crippen LogP contribution in [0.2, 0.25) is 0 Å². The molecule has 5 heteroatoms. The lowest BCUT2D eigenvalue weighted by Gasteiger charge is -2.23. The molecular weight excluding hydrogens is 252 g/mol. The van der Waals surface area contributed by atoms with Crippen LogP contribution in [0.4, 0.5) is 0 Å². The van der Waals surface area contributed by atoms with Crippen molar-refractivity contribution < 1.29 is 19.4 Å². The van der Waals surface area contributed by atoms with E-state index < -0.39 is 11.4 Å². The molecule has 0 spiro atoms. The molecule has 0 radical (unpaired) electrons. The molecule has 0 saturated carbocycles. The summed E-state index contributed by atoms with van der Waals surface area (Å²) in [7, 11) is 1.36. The standard InChI is InChI=1S/C13H18O4S/c1-13(12(15)16,10-6-5-9-18-10)8-4-3-7-11(14)17-2/h5-6,9H,3-4,7-8H2,1-2H3,(H,15,16). The summed E-state index contributed by atoms with van der Waals surface area (Å²) < 4.78 is 4.55. The van der Waals surface area contributed by atoms with Crippen molar-refractivity contribution in [2.75, 3.05) is 7.11 Å². The number of carbonyl (C=O) groups is 2. The van der Waals surface area contributed by atoms with Crippen LogP contribution in [0.5, 0.6) is 0 Å². The van der Waals surface area contributed by atoms with E-state index in [0.717, 1.165) is 4.88 Å². The zero-order valence-corrected chi connectivity index (χ0v) is 11.5. The lowest BCUT2D eigenvalue weighted by molar-refractivity contribution is -0.143. The second kappa shape index (κ2) is 6.54. The number of esters is 1. The number of ether oxygens (including phenoxy) is 1. The van der Waals surface area contributed by atoms with Crippen molar-refractivity contribution in [1.82, 2.24) is 0 Å². The number of carboxylic acids is 1. The first-order valence-electron chi connectivity index (χ1n) is 5.85. The van der Waals surface area contributed by atoms with Crippen molar-refractivity contribution in [3.8, 4) is 0 Å². The maximum absolute atomic E-state index is 11.4. The summed E-state index contributed by atoms with van der Waals surface area (Å²) in [5.74, 6) is -1.06. The number of thiophene rings is 1. The van der Waals surface area contributed by atoms with E-state index in [1.165, 1.54) is 18.4 Å². The van der Waals surface area contributed by atoms with Crippen LogP contribution < -0.4 is 0 Å². The maximum atomic E-state index is 11.4. The van der Waals surface area contributed by atoms with Crippen molar-refractivity contribution in [3.63, 3.8) is 0 Å². The summed E-state index contributed by atoms with van der Waals surface area (Å²) in [6.45, 7) is 1.74. The molecule has 0 aliphatic carbocycles. The number of carbonyl (C=O) groups excluding carboxylic acids is 1. The summed E-state index contributed by atoms with van der Waals surface area (Å²) >= 11 is 1.45. The van der Waals surface area contributed by atoms with E-state index in [4.69, 9.17) is 0 Å². The van der Waals surface area contributed by atoms with Gasteiger partial charge in [-0.15, -0.1) is 11.3 Å². The molecule has 4 nitrogen and oxygen atoms in total. The average Bonchev–Trinajstić information content (AvgIpc) is 2.87.